The first-order valence-corrected chi connectivity index (χ1v) is 8.71. The van der Waals surface area contributed by atoms with Crippen molar-refractivity contribution in [3.05, 3.63) is 0 Å². The van der Waals surface area contributed by atoms with E-state index in [0.29, 0.717) is 22.7 Å². The molecule has 3 unspecified atom stereocenters. The highest BCUT2D eigenvalue weighted by Gasteiger charge is 2.63. The van der Waals surface area contributed by atoms with Crippen LogP contribution in [-0.2, 0) is 4.74 Å². The Balaban J connectivity index is 1.80. The molecule has 116 valence electrons. The van der Waals surface area contributed by atoms with E-state index in [1.165, 1.54) is 32.1 Å². The highest BCUT2D eigenvalue weighted by molar-refractivity contribution is 5.12. The number of hydrogen-bond donors (Lipinski definition) is 1. The first-order valence-electron chi connectivity index (χ1n) is 8.71. The van der Waals surface area contributed by atoms with Crippen molar-refractivity contribution in [3.8, 4) is 0 Å². The van der Waals surface area contributed by atoms with Gasteiger partial charge >= 0.3 is 0 Å². The summed E-state index contributed by atoms with van der Waals surface area (Å²) in [6.07, 6.45) is 7.42. The molecule has 0 amide bonds. The van der Waals surface area contributed by atoms with Gasteiger partial charge in [-0.3, -0.25) is 0 Å². The molecule has 3 aliphatic rings. The van der Waals surface area contributed by atoms with Crippen molar-refractivity contribution in [1.82, 2.24) is 0 Å². The van der Waals surface area contributed by atoms with Crippen molar-refractivity contribution in [2.45, 2.75) is 78.4 Å². The second kappa shape index (κ2) is 4.98. The lowest BCUT2D eigenvalue weighted by Gasteiger charge is -2.47. The van der Waals surface area contributed by atoms with Crippen LogP contribution in [0.25, 0.3) is 0 Å². The Morgan fingerprint density at radius 1 is 1.15 bits per heavy atom. The quantitative estimate of drug-likeness (QED) is 0.846. The van der Waals surface area contributed by atoms with Gasteiger partial charge < -0.3 is 9.84 Å². The first kappa shape index (κ1) is 14.8. The zero-order valence-electron chi connectivity index (χ0n) is 13.7. The van der Waals surface area contributed by atoms with Crippen molar-refractivity contribution < 1.29 is 9.84 Å². The molecule has 0 heterocycles. The lowest BCUT2D eigenvalue weighted by atomic mass is 9.60. The van der Waals surface area contributed by atoms with Crippen LogP contribution in [0, 0.1) is 28.6 Å². The third kappa shape index (κ3) is 1.90. The van der Waals surface area contributed by atoms with Gasteiger partial charge in [0.25, 0.3) is 0 Å². The minimum atomic E-state index is -0.235. The zero-order valence-corrected chi connectivity index (χ0v) is 13.7. The maximum Gasteiger partial charge on any atom is 0.0836 e. The minimum Gasteiger partial charge on any atom is -0.390 e. The number of aliphatic hydroxyl groups excluding tert-OH is 1. The molecule has 6 atom stereocenters. The van der Waals surface area contributed by atoms with Gasteiger partial charge in [0, 0.05) is 6.61 Å². The summed E-state index contributed by atoms with van der Waals surface area (Å²) >= 11 is 0. The molecule has 0 aromatic carbocycles. The molecule has 3 rings (SSSR count). The lowest BCUT2D eigenvalue weighted by Crippen LogP contribution is -2.47. The molecule has 2 heteroatoms. The molecule has 0 aliphatic heterocycles. The Hall–Kier alpha value is -0.0800. The molecule has 0 spiro atoms. The highest BCUT2D eigenvalue weighted by Crippen LogP contribution is 2.70. The fourth-order valence-corrected chi connectivity index (χ4v) is 5.92. The van der Waals surface area contributed by atoms with Crippen LogP contribution in [0.5, 0.6) is 0 Å². The van der Waals surface area contributed by atoms with Gasteiger partial charge in [0.15, 0.2) is 0 Å². The molecule has 20 heavy (non-hydrogen) atoms. The minimum absolute atomic E-state index is 0.0876. The maximum absolute atomic E-state index is 10.8. The average Bonchev–Trinajstić information content (AvgIpc) is 2.74. The van der Waals surface area contributed by atoms with Gasteiger partial charge in [-0.2, -0.15) is 0 Å². The van der Waals surface area contributed by atoms with E-state index in [2.05, 4.69) is 20.8 Å². The third-order valence-corrected chi connectivity index (χ3v) is 7.60. The molecule has 0 radical (unpaired) electrons. The maximum atomic E-state index is 10.8. The fourth-order valence-electron chi connectivity index (χ4n) is 5.92. The first-order chi connectivity index (χ1) is 9.41. The van der Waals surface area contributed by atoms with E-state index < -0.39 is 0 Å². The van der Waals surface area contributed by atoms with Crippen LogP contribution in [0.1, 0.15) is 66.2 Å². The number of ether oxygens (including phenoxy) is 1. The highest BCUT2D eigenvalue weighted by atomic mass is 16.5. The van der Waals surface area contributed by atoms with Crippen molar-refractivity contribution in [1.29, 1.82) is 0 Å². The van der Waals surface area contributed by atoms with Gasteiger partial charge in [-0.1, -0.05) is 27.2 Å². The van der Waals surface area contributed by atoms with Gasteiger partial charge in [0.1, 0.15) is 0 Å². The molecule has 0 aromatic heterocycles. The summed E-state index contributed by atoms with van der Waals surface area (Å²) in [5.74, 6) is 2.04. The fraction of sp³-hybridized carbons (Fsp3) is 1.00. The number of aliphatic hydroxyl groups is 1. The van der Waals surface area contributed by atoms with Crippen LogP contribution >= 0.6 is 0 Å². The summed E-state index contributed by atoms with van der Waals surface area (Å²) in [5.41, 5.74) is 0.882. The monoisotopic (exact) mass is 280 g/mol. The van der Waals surface area contributed by atoms with Crippen LogP contribution < -0.4 is 0 Å². The van der Waals surface area contributed by atoms with Crippen molar-refractivity contribution in [3.63, 3.8) is 0 Å². The Kier molecular flexibility index (Phi) is 3.70. The van der Waals surface area contributed by atoms with Crippen LogP contribution in [0.2, 0.25) is 0 Å². The van der Waals surface area contributed by atoms with E-state index in [1.807, 2.05) is 6.92 Å². The van der Waals surface area contributed by atoms with Gasteiger partial charge in [-0.15, -0.1) is 0 Å². The van der Waals surface area contributed by atoms with Crippen LogP contribution in [0.4, 0.5) is 0 Å². The molecule has 1 N–H and O–H groups in total. The Labute approximate surface area is 124 Å². The van der Waals surface area contributed by atoms with Crippen molar-refractivity contribution in [2.24, 2.45) is 28.6 Å². The standard InChI is InChI=1S/C18H32O2/c1-5-20-15-8-6-7-13(16(15)19)14-11-12-9-10-18(14,4)17(12,2)3/h12-16,19H,5-11H2,1-4H3/t12-,13?,14+,15?,16?,18+/m0/s1. The predicted octanol–water partition coefficient (Wildman–Crippen LogP) is 4.01. The van der Waals surface area contributed by atoms with Crippen molar-refractivity contribution >= 4 is 0 Å². The zero-order chi connectivity index (χ0) is 14.5. The normalized spacial score (nSPS) is 50.5. The number of hydrogen-bond acceptors (Lipinski definition) is 2. The summed E-state index contributed by atoms with van der Waals surface area (Å²) in [6, 6.07) is 0. The molecule has 3 saturated carbocycles. The number of fused-ring (bicyclic) bond motifs is 2. The number of rotatable bonds is 3. The van der Waals surface area contributed by atoms with E-state index in [4.69, 9.17) is 4.74 Å². The average molecular weight is 280 g/mol. The van der Waals surface area contributed by atoms with Gasteiger partial charge in [0.05, 0.1) is 12.2 Å². The van der Waals surface area contributed by atoms with Gasteiger partial charge in [-0.25, -0.2) is 0 Å². The smallest absolute Gasteiger partial charge is 0.0836 e. The molecule has 0 saturated heterocycles. The van der Waals surface area contributed by atoms with E-state index in [-0.39, 0.29) is 12.2 Å². The van der Waals surface area contributed by atoms with Crippen molar-refractivity contribution in [2.75, 3.05) is 6.61 Å². The second-order valence-electron chi connectivity index (χ2n) is 8.30. The third-order valence-electron chi connectivity index (χ3n) is 7.60. The molecule has 0 aromatic rings. The van der Waals surface area contributed by atoms with E-state index in [1.54, 1.807) is 0 Å². The van der Waals surface area contributed by atoms with Gasteiger partial charge in [0.2, 0.25) is 0 Å². The Morgan fingerprint density at radius 2 is 1.90 bits per heavy atom. The van der Waals surface area contributed by atoms with Crippen LogP contribution in [0.15, 0.2) is 0 Å². The van der Waals surface area contributed by atoms with E-state index in [9.17, 15) is 5.11 Å². The molecule has 2 bridgehead atoms. The predicted molar refractivity (Wildman–Crippen MR) is 81.5 cm³/mol. The van der Waals surface area contributed by atoms with Crippen LogP contribution in [-0.4, -0.2) is 23.9 Å². The summed E-state index contributed by atoms with van der Waals surface area (Å²) in [6.45, 7) is 10.2. The topological polar surface area (TPSA) is 29.5 Å². The Morgan fingerprint density at radius 3 is 2.45 bits per heavy atom. The molecule has 3 fully saturated rings. The van der Waals surface area contributed by atoms with E-state index >= 15 is 0 Å². The molecule has 2 nitrogen and oxygen atoms in total. The summed E-state index contributed by atoms with van der Waals surface area (Å²) in [4.78, 5) is 0. The Bertz CT molecular complexity index is 362. The molecular formula is C18H32O2. The van der Waals surface area contributed by atoms with Crippen LogP contribution in [0.3, 0.4) is 0 Å². The second-order valence-corrected chi connectivity index (χ2v) is 8.30. The molecular weight excluding hydrogens is 248 g/mol. The largest absolute Gasteiger partial charge is 0.390 e. The van der Waals surface area contributed by atoms with E-state index in [0.717, 1.165) is 18.9 Å². The van der Waals surface area contributed by atoms with Gasteiger partial charge in [-0.05, 0) is 67.6 Å². The lowest BCUT2D eigenvalue weighted by molar-refractivity contribution is -0.110. The molecule has 3 aliphatic carbocycles. The summed E-state index contributed by atoms with van der Waals surface area (Å²) in [5, 5.41) is 10.8. The SMILES string of the molecule is CCOC1CCCC([C@H]2C[C@@H]3CC[C@@]2(C)C3(C)C)C1O. The summed E-state index contributed by atoms with van der Waals surface area (Å²) < 4.78 is 5.80. The summed E-state index contributed by atoms with van der Waals surface area (Å²) in [7, 11) is 0.